The van der Waals surface area contributed by atoms with Crippen molar-refractivity contribution >= 4 is 11.6 Å². The molecule has 0 aromatic heterocycles. The average Bonchev–Trinajstić information content (AvgIpc) is 2.56. The van der Waals surface area contributed by atoms with Crippen LogP contribution in [0.15, 0.2) is 66.9 Å². The second-order valence-electron chi connectivity index (χ2n) is 5.24. The Kier molecular flexibility index (Phi) is 4.50. The van der Waals surface area contributed by atoms with Gasteiger partial charge in [-0.3, -0.25) is 0 Å². The zero-order valence-corrected chi connectivity index (χ0v) is 13.3. The summed E-state index contributed by atoms with van der Waals surface area (Å²) in [5.74, 6) is 0.861. The van der Waals surface area contributed by atoms with Gasteiger partial charge < -0.3 is 9.64 Å². The van der Waals surface area contributed by atoms with E-state index < -0.39 is 0 Å². The van der Waals surface area contributed by atoms with Gasteiger partial charge in [0.1, 0.15) is 5.75 Å². The van der Waals surface area contributed by atoms with Crippen molar-refractivity contribution < 1.29 is 4.74 Å². The monoisotopic (exact) mass is 311 g/mol. The molecule has 1 heterocycles. The predicted octanol–water partition coefficient (Wildman–Crippen LogP) is 4.90. The summed E-state index contributed by atoms with van der Waals surface area (Å²) in [4.78, 5) is 2.27. The van der Waals surface area contributed by atoms with E-state index in [-0.39, 0.29) is 0 Å². The van der Waals surface area contributed by atoms with Gasteiger partial charge in [-0.1, -0.05) is 42.0 Å². The molecule has 0 spiro atoms. The number of halogens is 1. The summed E-state index contributed by atoms with van der Waals surface area (Å²) in [5, 5.41) is 0.731. The minimum atomic E-state index is 0.731. The van der Waals surface area contributed by atoms with E-state index >= 15 is 0 Å². The molecule has 2 aromatic rings. The molecule has 1 aliphatic heterocycles. The first kappa shape index (κ1) is 14.7. The zero-order chi connectivity index (χ0) is 15.4. The van der Waals surface area contributed by atoms with Gasteiger partial charge in [-0.15, -0.1) is 0 Å². The van der Waals surface area contributed by atoms with E-state index in [1.54, 1.807) is 7.11 Å². The molecule has 0 radical (unpaired) electrons. The molecule has 0 amide bonds. The van der Waals surface area contributed by atoms with E-state index in [0.717, 1.165) is 35.0 Å². The maximum Gasteiger partial charge on any atom is 0.126 e. The quantitative estimate of drug-likeness (QED) is 0.796. The number of benzene rings is 2. The Balaban J connectivity index is 1.92. The fourth-order valence-corrected chi connectivity index (χ4v) is 2.78. The van der Waals surface area contributed by atoms with Gasteiger partial charge in [0.25, 0.3) is 0 Å². The Bertz CT molecular complexity index is 721. The minimum Gasteiger partial charge on any atom is -0.496 e. The summed E-state index contributed by atoms with van der Waals surface area (Å²) in [6.45, 7) is 1.81. The number of allylic oxidation sites excluding steroid dienone is 2. The first-order valence-corrected chi connectivity index (χ1v) is 7.64. The number of hydrogen-bond donors (Lipinski definition) is 0. The van der Waals surface area contributed by atoms with Gasteiger partial charge in [-0.2, -0.15) is 0 Å². The highest BCUT2D eigenvalue weighted by Gasteiger charge is 2.09. The maximum absolute atomic E-state index is 6.12. The molecule has 1 aliphatic rings. The fraction of sp³-hybridized carbons (Fsp3) is 0.158. The Morgan fingerprint density at radius 1 is 1.14 bits per heavy atom. The van der Waals surface area contributed by atoms with Crippen LogP contribution >= 0.6 is 11.6 Å². The number of nitrogens with zero attached hydrogens (tertiary/aromatic N) is 1. The summed E-state index contributed by atoms with van der Waals surface area (Å²) in [5.41, 5.74) is 3.38. The lowest BCUT2D eigenvalue weighted by molar-refractivity contribution is 0.402. The van der Waals surface area contributed by atoms with E-state index in [2.05, 4.69) is 47.5 Å². The van der Waals surface area contributed by atoms with E-state index in [1.165, 1.54) is 5.56 Å². The number of ether oxygens (including phenoxy) is 1. The van der Waals surface area contributed by atoms with Crippen molar-refractivity contribution in [2.24, 2.45) is 0 Å². The molecular weight excluding hydrogens is 294 g/mol. The Morgan fingerprint density at radius 2 is 2.05 bits per heavy atom. The van der Waals surface area contributed by atoms with Gasteiger partial charge in [-0.05, 0) is 47.7 Å². The molecule has 2 aromatic carbocycles. The van der Waals surface area contributed by atoms with Crippen LogP contribution < -0.4 is 4.74 Å². The number of rotatable bonds is 4. The van der Waals surface area contributed by atoms with Crippen LogP contribution in [0, 0.1) is 0 Å². The van der Waals surface area contributed by atoms with Gasteiger partial charge >= 0.3 is 0 Å². The van der Waals surface area contributed by atoms with E-state index in [4.69, 9.17) is 16.3 Å². The molecule has 112 valence electrons. The second-order valence-corrected chi connectivity index (χ2v) is 5.68. The van der Waals surface area contributed by atoms with Gasteiger partial charge in [0.15, 0.2) is 0 Å². The van der Waals surface area contributed by atoms with Gasteiger partial charge in [-0.25, -0.2) is 0 Å². The van der Waals surface area contributed by atoms with Crippen molar-refractivity contribution in [2.75, 3.05) is 13.7 Å². The molecule has 0 fully saturated rings. The van der Waals surface area contributed by atoms with Crippen LogP contribution in [0.5, 0.6) is 5.75 Å². The summed E-state index contributed by atoms with van der Waals surface area (Å²) in [6.07, 6.45) is 8.40. The summed E-state index contributed by atoms with van der Waals surface area (Å²) >= 11 is 6.12. The Labute approximate surface area is 136 Å². The van der Waals surface area contributed by atoms with Crippen molar-refractivity contribution in [3.8, 4) is 16.9 Å². The minimum absolute atomic E-state index is 0.731. The molecule has 0 saturated carbocycles. The molecule has 3 rings (SSSR count). The molecule has 0 saturated heterocycles. The normalized spacial score (nSPS) is 13.5. The summed E-state index contributed by atoms with van der Waals surface area (Å²) < 4.78 is 5.50. The molecule has 0 unspecified atom stereocenters. The standard InChI is InChI=1S/C19H18ClNO/c1-22-19-9-8-15(14-21-10-3-2-4-11-21)12-18(19)16-6-5-7-17(20)13-16/h2-10,12-13H,11,14H2,1H3. The highest BCUT2D eigenvalue weighted by Crippen LogP contribution is 2.32. The third-order valence-electron chi connectivity index (χ3n) is 3.67. The predicted molar refractivity (Wildman–Crippen MR) is 92.1 cm³/mol. The molecule has 0 aliphatic carbocycles. The Morgan fingerprint density at radius 3 is 2.77 bits per heavy atom. The van der Waals surface area contributed by atoms with E-state index in [1.807, 2.05) is 24.3 Å². The lowest BCUT2D eigenvalue weighted by Gasteiger charge is -2.21. The molecule has 0 N–H and O–H groups in total. The summed E-state index contributed by atoms with van der Waals surface area (Å²) in [6, 6.07) is 14.2. The van der Waals surface area contributed by atoms with Crippen LogP contribution in [0.2, 0.25) is 5.02 Å². The van der Waals surface area contributed by atoms with Gasteiger partial charge in [0.05, 0.1) is 7.11 Å². The second kappa shape index (κ2) is 6.71. The van der Waals surface area contributed by atoms with Crippen molar-refractivity contribution in [1.82, 2.24) is 4.90 Å². The van der Waals surface area contributed by atoms with Crippen molar-refractivity contribution in [2.45, 2.75) is 6.54 Å². The Hall–Kier alpha value is -2.19. The maximum atomic E-state index is 6.12. The van der Waals surface area contributed by atoms with E-state index in [9.17, 15) is 0 Å². The largest absolute Gasteiger partial charge is 0.496 e. The highest BCUT2D eigenvalue weighted by molar-refractivity contribution is 6.30. The third kappa shape index (κ3) is 3.34. The lowest BCUT2D eigenvalue weighted by Crippen LogP contribution is -2.18. The zero-order valence-electron chi connectivity index (χ0n) is 12.5. The van der Waals surface area contributed by atoms with Crippen LogP contribution in [0.4, 0.5) is 0 Å². The lowest BCUT2D eigenvalue weighted by atomic mass is 10.0. The van der Waals surface area contributed by atoms with Crippen LogP contribution in [-0.4, -0.2) is 18.6 Å². The van der Waals surface area contributed by atoms with Crippen molar-refractivity contribution in [3.63, 3.8) is 0 Å². The fourth-order valence-electron chi connectivity index (χ4n) is 2.59. The SMILES string of the molecule is COc1ccc(CN2C=CC=CC2)cc1-c1cccc(Cl)c1. The first-order chi connectivity index (χ1) is 10.8. The van der Waals surface area contributed by atoms with E-state index in [0.29, 0.717) is 0 Å². The molecule has 0 bridgehead atoms. The van der Waals surface area contributed by atoms with Crippen molar-refractivity contribution in [1.29, 1.82) is 0 Å². The van der Waals surface area contributed by atoms with Crippen LogP contribution in [-0.2, 0) is 6.54 Å². The smallest absolute Gasteiger partial charge is 0.126 e. The molecular formula is C19H18ClNO. The topological polar surface area (TPSA) is 12.5 Å². The van der Waals surface area contributed by atoms with Crippen molar-refractivity contribution in [3.05, 3.63) is 77.5 Å². The van der Waals surface area contributed by atoms with Gasteiger partial charge in [0, 0.05) is 23.7 Å². The van der Waals surface area contributed by atoms with Crippen LogP contribution in [0.3, 0.4) is 0 Å². The molecule has 2 nitrogen and oxygen atoms in total. The number of hydrogen-bond acceptors (Lipinski definition) is 2. The van der Waals surface area contributed by atoms with Gasteiger partial charge in [0.2, 0.25) is 0 Å². The molecule has 22 heavy (non-hydrogen) atoms. The summed E-state index contributed by atoms with van der Waals surface area (Å²) in [7, 11) is 1.70. The first-order valence-electron chi connectivity index (χ1n) is 7.26. The van der Waals surface area contributed by atoms with Crippen LogP contribution in [0.25, 0.3) is 11.1 Å². The third-order valence-corrected chi connectivity index (χ3v) is 3.90. The molecule has 3 heteroatoms. The van der Waals surface area contributed by atoms with Crippen LogP contribution in [0.1, 0.15) is 5.56 Å². The number of methoxy groups -OCH3 is 1. The average molecular weight is 312 g/mol. The highest BCUT2D eigenvalue weighted by atomic mass is 35.5. The molecule has 0 atom stereocenters.